The average molecular weight is 538 g/mol. The molecule has 0 amide bonds. The number of thiazole rings is 1. The maximum Gasteiger partial charge on any atom is 0.339 e. The molecule has 3 N–H and O–H groups in total. The Morgan fingerprint density at radius 1 is 1.14 bits per heavy atom. The van der Waals surface area contributed by atoms with Crippen LogP contribution in [0.2, 0.25) is 5.02 Å². The molecule has 0 aliphatic carbocycles. The SMILES string of the molecule is CCOC(=O)C(OC(C)(C)C)c1c(C)cc2nc(-c3ccc(NC)c(N)c3)sc2c1-c1ccc(Cl)cc1. The molecule has 0 aliphatic heterocycles. The van der Waals surface area contributed by atoms with Gasteiger partial charge in [0, 0.05) is 28.8 Å². The van der Waals surface area contributed by atoms with Crippen LogP contribution in [0.3, 0.4) is 0 Å². The van der Waals surface area contributed by atoms with E-state index in [-0.39, 0.29) is 6.61 Å². The number of nitrogens with two attached hydrogens (primary N) is 1. The third-order valence-corrected chi connectivity index (χ3v) is 7.25. The second kappa shape index (κ2) is 10.7. The third kappa shape index (κ3) is 5.74. The molecule has 37 heavy (non-hydrogen) atoms. The van der Waals surface area contributed by atoms with Crippen LogP contribution in [0.15, 0.2) is 48.5 Å². The molecule has 1 atom stereocenters. The van der Waals surface area contributed by atoms with Crippen molar-refractivity contribution in [2.75, 3.05) is 24.7 Å². The summed E-state index contributed by atoms with van der Waals surface area (Å²) in [7, 11) is 1.84. The molecule has 194 valence electrons. The Morgan fingerprint density at radius 2 is 1.81 bits per heavy atom. The fourth-order valence-corrected chi connectivity index (χ4v) is 5.54. The second-order valence-corrected chi connectivity index (χ2v) is 11.2. The molecular weight excluding hydrogens is 506 g/mol. The number of ether oxygens (including phenoxy) is 2. The Bertz CT molecular complexity index is 1440. The van der Waals surface area contributed by atoms with Crippen molar-refractivity contribution in [2.24, 2.45) is 0 Å². The summed E-state index contributed by atoms with van der Waals surface area (Å²) in [6.45, 7) is 9.82. The highest BCUT2D eigenvalue weighted by Crippen LogP contribution is 2.45. The summed E-state index contributed by atoms with van der Waals surface area (Å²) in [4.78, 5) is 18.2. The first-order valence-electron chi connectivity index (χ1n) is 12.1. The van der Waals surface area contributed by atoms with Gasteiger partial charge in [-0.1, -0.05) is 23.7 Å². The van der Waals surface area contributed by atoms with Crippen LogP contribution in [0.5, 0.6) is 0 Å². The van der Waals surface area contributed by atoms with Gasteiger partial charge in [0.2, 0.25) is 0 Å². The molecule has 1 unspecified atom stereocenters. The lowest BCUT2D eigenvalue weighted by Crippen LogP contribution is -2.29. The quantitative estimate of drug-likeness (QED) is 0.186. The molecule has 0 saturated carbocycles. The number of benzene rings is 3. The minimum atomic E-state index is -0.911. The number of carbonyl (C=O) groups is 1. The third-order valence-electron chi connectivity index (χ3n) is 5.86. The van der Waals surface area contributed by atoms with Gasteiger partial charge in [0.25, 0.3) is 0 Å². The van der Waals surface area contributed by atoms with E-state index < -0.39 is 17.7 Å². The van der Waals surface area contributed by atoms with Crippen molar-refractivity contribution >= 4 is 50.5 Å². The van der Waals surface area contributed by atoms with E-state index in [1.54, 1.807) is 18.3 Å². The van der Waals surface area contributed by atoms with E-state index in [1.165, 1.54) is 0 Å². The predicted octanol–water partition coefficient (Wildman–Crippen LogP) is 7.64. The fourth-order valence-electron chi connectivity index (χ4n) is 4.30. The molecule has 4 rings (SSSR count). The molecule has 0 spiro atoms. The van der Waals surface area contributed by atoms with Gasteiger partial charge in [0.1, 0.15) is 5.01 Å². The van der Waals surface area contributed by atoms with Crippen molar-refractivity contribution < 1.29 is 14.3 Å². The molecule has 1 heterocycles. The maximum atomic E-state index is 13.3. The lowest BCUT2D eigenvalue weighted by atomic mass is 9.91. The number of nitrogens with one attached hydrogen (secondary N) is 1. The van der Waals surface area contributed by atoms with Crippen LogP contribution in [-0.2, 0) is 14.3 Å². The zero-order valence-electron chi connectivity index (χ0n) is 21.9. The second-order valence-electron chi connectivity index (χ2n) is 9.77. The molecular formula is C29H32ClN3O3S. The predicted molar refractivity (Wildman–Crippen MR) is 154 cm³/mol. The van der Waals surface area contributed by atoms with Crippen molar-refractivity contribution in [3.8, 4) is 21.7 Å². The molecule has 0 radical (unpaired) electrons. The van der Waals surface area contributed by atoms with Crippen LogP contribution in [0.4, 0.5) is 11.4 Å². The van der Waals surface area contributed by atoms with E-state index in [4.69, 9.17) is 31.8 Å². The lowest BCUT2D eigenvalue weighted by Gasteiger charge is -2.29. The number of esters is 1. The summed E-state index contributed by atoms with van der Waals surface area (Å²) in [6, 6.07) is 15.5. The number of nitrogens with zero attached hydrogens (tertiary/aromatic N) is 1. The van der Waals surface area contributed by atoms with E-state index >= 15 is 0 Å². The first-order chi connectivity index (χ1) is 17.5. The number of fused-ring (bicyclic) bond motifs is 1. The highest BCUT2D eigenvalue weighted by atomic mass is 35.5. The first-order valence-corrected chi connectivity index (χ1v) is 13.3. The highest BCUT2D eigenvalue weighted by molar-refractivity contribution is 7.22. The molecule has 0 saturated heterocycles. The summed E-state index contributed by atoms with van der Waals surface area (Å²) >= 11 is 7.78. The molecule has 1 aromatic heterocycles. The number of halogens is 1. The van der Waals surface area contributed by atoms with Crippen LogP contribution >= 0.6 is 22.9 Å². The molecule has 0 aliphatic rings. The Balaban J connectivity index is 2.01. The Morgan fingerprint density at radius 3 is 2.41 bits per heavy atom. The number of aryl methyl sites for hydroxylation is 1. The Labute approximate surface area is 226 Å². The Hall–Kier alpha value is -3.13. The number of anilines is 2. The molecule has 6 nitrogen and oxygen atoms in total. The summed E-state index contributed by atoms with van der Waals surface area (Å²) in [6.07, 6.45) is -0.911. The van der Waals surface area contributed by atoms with Crippen LogP contribution < -0.4 is 11.1 Å². The minimum Gasteiger partial charge on any atom is -0.464 e. The van der Waals surface area contributed by atoms with Gasteiger partial charge < -0.3 is 20.5 Å². The van der Waals surface area contributed by atoms with E-state index in [9.17, 15) is 4.79 Å². The van der Waals surface area contributed by atoms with E-state index in [1.807, 2.05) is 83.3 Å². The average Bonchev–Trinajstić information content (AvgIpc) is 3.25. The smallest absolute Gasteiger partial charge is 0.339 e. The van der Waals surface area contributed by atoms with Gasteiger partial charge in [-0.05, 0) is 82.1 Å². The van der Waals surface area contributed by atoms with E-state index in [0.29, 0.717) is 10.7 Å². The number of carbonyl (C=O) groups excluding carboxylic acids is 1. The zero-order chi connectivity index (χ0) is 26.9. The molecule has 0 fully saturated rings. The zero-order valence-corrected chi connectivity index (χ0v) is 23.5. The summed E-state index contributed by atoms with van der Waals surface area (Å²) in [5.74, 6) is -0.421. The number of nitrogen functional groups attached to an aromatic ring is 1. The van der Waals surface area contributed by atoms with Crippen LogP contribution in [0, 0.1) is 6.92 Å². The van der Waals surface area contributed by atoms with Crippen molar-refractivity contribution in [2.45, 2.75) is 46.3 Å². The van der Waals surface area contributed by atoms with Gasteiger partial charge in [-0.3, -0.25) is 0 Å². The van der Waals surface area contributed by atoms with Crippen LogP contribution in [0.1, 0.15) is 44.9 Å². The van der Waals surface area contributed by atoms with Gasteiger partial charge in [0.05, 0.1) is 33.8 Å². The summed E-state index contributed by atoms with van der Waals surface area (Å²) in [5, 5.41) is 4.56. The fraction of sp³-hybridized carbons (Fsp3) is 0.310. The van der Waals surface area contributed by atoms with Gasteiger partial charge in [-0.15, -0.1) is 11.3 Å². The van der Waals surface area contributed by atoms with Crippen LogP contribution in [-0.4, -0.2) is 30.2 Å². The van der Waals surface area contributed by atoms with Crippen LogP contribution in [0.25, 0.3) is 31.9 Å². The largest absolute Gasteiger partial charge is 0.464 e. The molecule has 8 heteroatoms. The van der Waals surface area contributed by atoms with Gasteiger partial charge in [0.15, 0.2) is 6.10 Å². The minimum absolute atomic E-state index is 0.259. The standard InChI is InChI=1S/C29H32ClN3O3S/c1-7-35-28(34)25(36-29(3,4)5)23-16(2)14-22-26(24(23)17-8-11-19(30)12-9-17)37-27(33-22)18-10-13-21(32-6)20(31)15-18/h8-15,25,32H,7,31H2,1-6H3. The van der Waals surface area contributed by atoms with Crippen molar-refractivity contribution in [1.82, 2.24) is 4.98 Å². The van der Waals surface area contributed by atoms with Crippen molar-refractivity contribution in [3.05, 3.63) is 64.7 Å². The molecule has 4 aromatic rings. The monoisotopic (exact) mass is 537 g/mol. The van der Waals surface area contributed by atoms with E-state index in [0.717, 1.165) is 48.7 Å². The normalized spacial score (nSPS) is 12.5. The van der Waals surface area contributed by atoms with Crippen molar-refractivity contribution in [1.29, 1.82) is 0 Å². The highest BCUT2D eigenvalue weighted by Gasteiger charge is 2.33. The van der Waals surface area contributed by atoms with Gasteiger partial charge in [-0.2, -0.15) is 0 Å². The first kappa shape index (κ1) is 26.9. The summed E-state index contributed by atoms with van der Waals surface area (Å²) < 4.78 is 12.8. The number of hydrogen-bond donors (Lipinski definition) is 2. The topological polar surface area (TPSA) is 86.5 Å². The number of rotatable bonds is 7. The van der Waals surface area contributed by atoms with E-state index in [2.05, 4.69) is 5.32 Å². The van der Waals surface area contributed by atoms with Crippen molar-refractivity contribution in [3.63, 3.8) is 0 Å². The maximum absolute atomic E-state index is 13.3. The molecule has 3 aromatic carbocycles. The Kier molecular flexibility index (Phi) is 7.78. The summed E-state index contributed by atoms with van der Waals surface area (Å²) in [5.41, 5.74) is 12.4. The number of hydrogen-bond acceptors (Lipinski definition) is 7. The van der Waals surface area contributed by atoms with Gasteiger partial charge in [-0.25, -0.2) is 9.78 Å². The number of aromatic nitrogens is 1. The lowest BCUT2D eigenvalue weighted by molar-refractivity contribution is -0.166. The van der Waals surface area contributed by atoms with Gasteiger partial charge >= 0.3 is 5.97 Å². The molecule has 0 bridgehead atoms.